The molecule has 0 spiro atoms. The van der Waals surface area contributed by atoms with Crippen molar-refractivity contribution >= 4 is 17.2 Å². The zero-order valence-corrected chi connectivity index (χ0v) is 9.27. The first-order valence-electron chi connectivity index (χ1n) is 4.82. The predicted octanol–water partition coefficient (Wildman–Crippen LogP) is 2.95. The molecule has 0 aromatic carbocycles. The Hall–Kier alpha value is -1.81. The van der Waals surface area contributed by atoms with Crippen molar-refractivity contribution in [1.29, 1.82) is 0 Å². The second kappa shape index (κ2) is 3.35. The highest BCUT2D eigenvalue weighted by molar-refractivity contribution is 6.28. The molecule has 0 aliphatic heterocycles. The molecule has 0 atom stereocenters. The summed E-state index contributed by atoms with van der Waals surface area (Å²) >= 11 is 5.74. The number of aryl methyl sites for hydroxylation is 1. The summed E-state index contributed by atoms with van der Waals surface area (Å²) in [5.41, 5.74) is 1.89. The standard InChI is InChI=1S/C11H8ClN3O/c1-7-3-2-6-15-10(7)13-14-11(15)8-4-5-9(12)16-8/h2-6H,1H3. The Morgan fingerprint density at radius 1 is 1.25 bits per heavy atom. The van der Waals surface area contributed by atoms with Crippen molar-refractivity contribution in [2.24, 2.45) is 0 Å². The van der Waals surface area contributed by atoms with Gasteiger partial charge in [0.2, 0.25) is 5.82 Å². The van der Waals surface area contributed by atoms with E-state index in [4.69, 9.17) is 16.0 Å². The van der Waals surface area contributed by atoms with Gasteiger partial charge in [-0.1, -0.05) is 6.07 Å². The molecule has 0 saturated heterocycles. The van der Waals surface area contributed by atoms with E-state index < -0.39 is 0 Å². The lowest BCUT2D eigenvalue weighted by molar-refractivity contribution is 0.578. The maximum absolute atomic E-state index is 5.74. The summed E-state index contributed by atoms with van der Waals surface area (Å²) in [7, 11) is 0. The summed E-state index contributed by atoms with van der Waals surface area (Å²) < 4.78 is 7.20. The molecule has 0 unspecified atom stereocenters. The molecule has 3 aromatic rings. The fourth-order valence-electron chi connectivity index (χ4n) is 1.65. The van der Waals surface area contributed by atoms with E-state index in [-0.39, 0.29) is 0 Å². The van der Waals surface area contributed by atoms with Crippen LogP contribution in [0.2, 0.25) is 5.22 Å². The van der Waals surface area contributed by atoms with E-state index in [9.17, 15) is 0 Å². The van der Waals surface area contributed by atoms with Gasteiger partial charge in [0.15, 0.2) is 16.6 Å². The molecule has 80 valence electrons. The molecule has 4 nitrogen and oxygen atoms in total. The molecule has 0 aliphatic carbocycles. The molecule has 3 rings (SSSR count). The molecule has 0 radical (unpaired) electrons. The van der Waals surface area contributed by atoms with E-state index in [2.05, 4.69) is 10.2 Å². The van der Waals surface area contributed by atoms with Gasteiger partial charge in [0.1, 0.15) is 0 Å². The van der Waals surface area contributed by atoms with E-state index in [1.807, 2.05) is 29.7 Å². The van der Waals surface area contributed by atoms with Gasteiger partial charge in [-0.15, -0.1) is 10.2 Å². The maximum atomic E-state index is 5.74. The van der Waals surface area contributed by atoms with Crippen LogP contribution in [-0.2, 0) is 0 Å². The maximum Gasteiger partial charge on any atom is 0.204 e. The molecular weight excluding hydrogens is 226 g/mol. The molecule has 3 aromatic heterocycles. The number of furan rings is 1. The third-order valence-electron chi connectivity index (χ3n) is 2.42. The van der Waals surface area contributed by atoms with Crippen LogP contribution >= 0.6 is 11.6 Å². The minimum absolute atomic E-state index is 0.347. The van der Waals surface area contributed by atoms with Gasteiger partial charge >= 0.3 is 0 Å². The van der Waals surface area contributed by atoms with Crippen molar-refractivity contribution < 1.29 is 4.42 Å². The number of aromatic nitrogens is 3. The molecule has 0 fully saturated rings. The van der Waals surface area contributed by atoms with Crippen LogP contribution in [0.1, 0.15) is 5.56 Å². The first-order valence-corrected chi connectivity index (χ1v) is 5.19. The Morgan fingerprint density at radius 2 is 2.12 bits per heavy atom. The Morgan fingerprint density at radius 3 is 2.88 bits per heavy atom. The molecule has 3 heterocycles. The Balaban J connectivity index is 2.29. The summed E-state index contributed by atoms with van der Waals surface area (Å²) in [5.74, 6) is 1.27. The number of fused-ring (bicyclic) bond motifs is 1. The lowest BCUT2D eigenvalue weighted by Gasteiger charge is -1.97. The molecule has 5 heteroatoms. The van der Waals surface area contributed by atoms with Gasteiger partial charge in [-0.25, -0.2) is 0 Å². The van der Waals surface area contributed by atoms with Crippen LogP contribution in [0.4, 0.5) is 0 Å². The Kier molecular flexibility index (Phi) is 1.97. The highest BCUT2D eigenvalue weighted by Gasteiger charge is 2.12. The first-order chi connectivity index (χ1) is 7.75. The second-order valence-corrected chi connectivity index (χ2v) is 3.88. The lowest BCUT2D eigenvalue weighted by atomic mass is 10.3. The lowest BCUT2D eigenvalue weighted by Crippen LogP contribution is -1.89. The average Bonchev–Trinajstić information content (AvgIpc) is 2.84. The number of halogens is 1. The van der Waals surface area contributed by atoms with E-state index in [0.717, 1.165) is 11.2 Å². The van der Waals surface area contributed by atoms with Crippen LogP contribution in [0, 0.1) is 6.92 Å². The van der Waals surface area contributed by atoms with Gasteiger partial charge in [0.25, 0.3) is 0 Å². The molecular formula is C11H8ClN3O. The summed E-state index contributed by atoms with van der Waals surface area (Å²) in [6.45, 7) is 1.99. The van der Waals surface area contributed by atoms with Crippen molar-refractivity contribution in [3.8, 4) is 11.6 Å². The zero-order valence-electron chi connectivity index (χ0n) is 8.51. The molecule has 0 amide bonds. The van der Waals surface area contributed by atoms with E-state index in [1.165, 1.54) is 0 Å². The van der Waals surface area contributed by atoms with Crippen molar-refractivity contribution in [2.45, 2.75) is 6.92 Å². The number of nitrogens with zero attached hydrogens (tertiary/aromatic N) is 3. The summed E-state index contributed by atoms with van der Waals surface area (Å²) in [6.07, 6.45) is 1.90. The summed E-state index contributed by atoms with van der Waals surface area (Å²) in [6, 6.07) is 7.40. The Bertz CT molecular complexity index is 656. The van der Waals surface area contributed by atoms with Crippen molar-refractivity contribution in [2.75, 3.05) is 0 Å². The highest BCUT2D eigenvalue weighted by Crippen LogP contribution is 2.24. The van der Waals surface area contributed by atoms with E-state index in [0.29, 0.717) is 16.8 Å². The van der Waals surface area contributed by atoms with Crippen LogP contribution in [0.15, 0.2) is 34.9 Å². The zero-order chi connectivity index (χ0) is 11.1. The third-order valence-corrected chi connectivity index (χ3v) is 2.63. The molecule has 0 N–H and O–H groups in total. The van der Waals surface area contributed by atoms with Crippen LogP contribution in [0.5, 0.6) is 0 Å². The van der Waals surface area contributed by atoms with Gasteiger partial charge in [0.05, 0.1) is 0 Å². The molecule has 0 saturated carbocycles. The minimum atomic E-state index is 0.347. The fraction of sp³-hybridized carbons (Fsp3) is 0.0909. The smallest absolute Gasteiger partial charge is 0.204 e. The second-order valence-electron chi connectivity index (χ2n) is 3.51. The quantitative estimate of drug-likeness (QED) is 0.649. The fourth-order valence-corrected chi connectivity index (χ4v) is 1.80. The number of hydrogen-bond acceptors (Lipinski definition) is 3. The van der Waals surface area contributed by atoms with Gasteiger partial charge in [0, 0.05) is 6.20 Å². The number of pyridine rings is 1. The van der Waals surface area contributed by atoms with E-state index in [1.54, 1.807) is 12.1 Å². The van der Waals surface area contributed by atoms with Gasteiger partial charge in [-0.2, -0.15) is 0 Å². The van der Waals surface area contributed by atoms with E-state index >= 15 is 0 Å². The Labute approximate surface area is 96.5 Å². The van der Waals surface area contributed by atoms with Crippen LogP contribution in [-0.4, -0.2) is 14.6 Å². The summed E-state index contributed by atoms with van der Waals surface area (Å²) in [4.78, 5) is 0. The highest BCUT2D eigenvalue weighted by atomic mass is 35.5. The van der Waals surface area contributed by atoms with Crippen molar-refractivity contribution in [1.82, 2.24) is 14.6 Å². The predicted molar refractivity (Wildman–Crippen MR) is 60.4 cm³/mol. The van der Waals surface area contributed by atoms with Crippen molar-refractivity contribution in [3.05, 3.63) is 41.2 Å². The SMILES string of the molecule is Cc1cccn2c(-c3ccc(Cl)o3)nnc12. The largest absolute Gasteiger partial charge is 0.441 e. The van der Waals surface area contributed by atoms with Crippen LogP contribution in [0.3, 0.4) is 0 Å². The van der Waals surface area contributed by atoms with Gasteiger partial charge in [-0.3, -0.25) is 4.40 Å². The topological polar surface area (TPSA) is 43.3 Å². The van der Waals surface area contributed by atoms with Gasteiger partial charge in [-0.05, 0) is 42.3 Å². The summed E-state index contributed by atoms with van der Waals surface area (Å²) in [5, 5.41) is 8.56. The monoisotopic (exact) mass is 233 g/mol. The number of rotatable bonds is 1. The molecule has 0 aliphatic rings. The first kappa shape index (κ1) is 9.42. The van der Waals surface area contributed by atoms with Crippen molar-refractivity contribution in [3.63, 3.8) is 0 Å². The molecule has 16 heavy (non-hydrogen) atoms. The number of hydrogen-bond donors (Lipinski definition) is 0. The third kappa shape index (κ3) is 1.31. The van der Waals surface area contributed by atoms with Crippen LogP contribution in [0.25, 0.3) is 17.2 Å². The average molecular weight is 234 g/mol. The normalized spacial score (nSPS) is 11.1. The van der Waals surface area contributed by atoms with Gasteiger partial charge < -0.3 is 4.42 Å². The molecule has 0 bridgehead atoms. The van der Waals surface area contributed by atoms with Crippen LogP contribution < -0.4 is 0 Å². The minimum Gasteiger partial charge on any atom is -0.441 e.